The van der Waals surface area contributed by atoms with Crippen LogP contribution < -0.4 is 10.1 Å². The van der Waals surface area contributed by atoms with E-state index in [1.807, 2.05) is 31.2 Å². The molecule has 0 fully saturated rings. The summed E-state index contributed by atoms with van der Waals surface area (Å²) < 4.78 is 5.00. The Bertz CT molecular complexity index is 1140. The Balaban J connectivity index is 1.73. The monoisotopic (exact) mass is 378 g/mol. The number of amides is 1. The first kappa shape index (κ1) is 17.0. The summed E-state index contributed by atoms with van der Waals surface area (Å²) in [7, 11) is 1.50. The number of anilines is 1. The van der Waals surface area contributed by atoms with E-state index in [4.69, 9.17) is 4.74 Å². The van der Waals surface area contributed by atoms with E-state index in [0.29, 0.717) is 15.9 Å². The zero-order valence-electron chi connectivity index (χ0n) is 14.5. The van der Waals surface area contributed by atoms with E-state index < -0.39 is 0 Å². The lowest BCUT2D eigenvalue weighted by atomic mass is 9.99. The van der Waals surface area contributed by atoms with Crippen LogP contribution >= 0.6 is 11.3 Å². The average molecular weight is 378 g/mol. The number of aromatic nitrogens is 5. The summed E-state index contributed by atoms with van der Waals surface area (Å²) in [6.45, 7) is 1.88. The molecule has 0 unspecified atom stereocenters. The molecule has 4 aromatic rings. The van der Waals surface area contributed by atoms with Crippen LogP contribution in [0.3, 0.4) is 0 Å². The second-order valence-electron chi connectivity index (χ2n) is 5.70. The van der Waals surface area contributed by atoms with Crippen LogP contribution in [0.25, 0.3) is 22.0 Å². The highest BCUT2D eigenvalue weighted by Crippen LogP contribution is 2.28. The fourth-order valence-corrected chi connectivity index (χ4v) is 3.19. The lowest BCUT2D eigenvalue weighted by Crippen LogP contribution is -2.13. The van der Waals surface area contributed by atoms with Crippen molar-refractivity contribution in [1.82, 2.24) is 25.1 Å². The van der Waals surface area contributed by atoms with Crippen LogP contribution in [0.15, 0.2) is 43.0 Å². The zero-order chi connectivity index (χ0) is 18.8. The van der Waals surface area contributed by atoms with E-state index in [1.54, 1.807) is 12.4 Å². The van der Waals surface area contributed by atoms with Gasteiger partial charge in [-0.3, -0.25) is 15.1 Å². The first-order valence-electron chi connectivity index (χ1n) is 7.99. The molecular formula is C18H14N6O2S. The molecule has 27 heavy (non-hydrogen) atoms. The standard InChI is InChI=1S/C18H14N6O2S/c1-10-5-13(11-3-4-15-12(6-11)7-19-9-21-15)14(8-20-10)16(25)22-17-23-24-18(26-2)27-17/h3-9H,1-2H3,(H,22,23,25). The number of ether oxygens (including phenoxy) is 1. The van der Waals surface area contributed by atoms with Crippen LogP contribution in [0.1, 0.15) is 16.1 Å². The van der Waals surface area contributed by atoms with Crippen LogP contribution in [-0.2, 0) is 0 Å². The summed E-state index contributed by atoms with van der Waals surface area (Å²) in [6.07, 6.45) is 4.81. The van der Waals surface area contributed by atoms with E-state index in [-0.39, 0.29) is 5.91 Å². The first-order valence-corrected chi connectivity index (χ1v) is 8.81. The van der Waals surface area contributed by atoms with Gasteiger partial charge in [0.15, 0.2) is 0 Å². The third-order valence-electron chi connectivity index (χ3n) is 3.90. The summed E-state index contributed by atoms with van der Waals surface area (Å²) in [6, 6.07) is 7.66. The van der Waals surface area contributed by atoms with Crippen molar-refractivity contribution in [2.75, 3.05) is 12.4 Å². The summed E-state index contributed by atoms with van der Waals surface area (Å²) in [5.41, 5.74) is 3.73. The average Bonchev–Trinajstić information content (AvgIpc) is 3.15. The lowest BCUT2D eigenvalue weighted by Gasteiger charge is -2.10. The van der Waals surface area contributed by atoms with Crippen LogP contribution in [-0.4, -0.2) is 38.2 Å². The minimum absolute atomic E-state index is 0.319. The topological polar surface area (TPSA) is 103 Å². The van der Waals surface area contributed by atoms with Crippen molar-refractivity contribution in [2.24, 2.45) is 0 Å². The van der Waals surface area contributed by atoms with Crippen LogP contribution in [0.5, 0.6) is 5.19 Å². The number of hydrogen-bond acceptors (Lipinski definition) is 8. The maximum absolute atomic E-state index is 12.8. The van der Waals surface area contributed by atoms with Gasteiger partial charge in [-0.25, -0.2) is 9.97 Å². The van der Waals surface area contributed by atoms with Crippen molar-refractivity contribution in [2.45, 2.75) is 6.92 Å². The SMILES string of the molecule is COc1nnc(NC(=O)c2cnc(C)cc2-c2ccc3ncncc3c2)s1. The highest BCUT2D eigenvalue weighted by molar-refractivity contribution is 7.17. The molecule has 0 radical (unpaired) electrons. The van der Waals surface area contributed by atoms with Gasteiger partial charge in [-0.15, -0.1) is 5.10 Å². The van der Waals surface area contributed by atoms with Gasteiger partial charge in [0.2, 0.25) is 5.13 Å². The molecule has 4 rings (SSSR count). The second kappa shape index (κ2) is 7.04. The first-order chi connectivity index (χ1) is 13.1. The third-order valence-corrected chi connectivity index (χ3v) is 4.70. The van der Waals surface area contributed by atoms with E-state index in [9.17, 15) is 4.79 Å². The molecule has 0 spiro atoms. The molecule has 0 aliphatic carbocycles. The smallest absolute Gasteiger partial charge is 0.295 e. The highest BCUT2D eigenvalue weighted by atomic mass is 32.1. The van der Waals surface area contributed by atoms with Crippen LogP contribution in [0.4, 0.5) is 5.13 Å². The Labute approximate surface area is 158 Å². The Kier molecular flexibility index (Phi) is 4.43. The number of hydrogen-bond donors (Lipinski definition) is 1. The fraction of sp³-hybridized carbons (Fsp3) is 0.111. The number of nitrogens with one attached hydrogen (secondary N) is 1. The van der Waals surface area contributed by atoms with Gasteiger partial charge in [0.1, 0.15) is 6.33 Å². The number of aryl methyl sites for hydroxylation is 1. The molecule has 1 N–H and O–H groups in total. The van der Waals surface area contributed by atoms with Gasteiger partial charge >= 0.3 is 0 Å². The minimum Gasteiger partial charge on any atom is -0.472 e. The quantitative estimate of drug-likeness (QED) is 0.582. The van der Waals surface area contributed by atoms with Gasteiger partial charge in [-0.2, -0.15) is 0 Å². The molecule has 0 aliphatic rings. The predicted octanol–water partition coefficient (Wildman–Crippen LogP) is 3.11. The summed E-state index contributed by atoms with van der Waals surface area (Å²) >= 11 is 1.15. The molecule has 3 heterocycles. The van der Waals surface area contributed by atoms with Crippen LogP contribution in [0, 0.1) is 6.92 Å². The van der Waals surface area contributed by atoms with Crippen LogP contribution in [0.2, 0.25) is 0 Å². The van der Waals surface area contributed by atoms with Crippen molar-refractivity contribution in [3.05, 3.63) is 54.2 Å². The number of rotatable bonds is 4. The molecular weight excluding hydrogens is 364 g/mol. The fourth-order valence-electron chi connectivity index (χ4n) is 2.64. The largest absolute Gasteiger partial charge is 0.472 e. The normalized spacial score (nSPS) is 10.7. The molecule has 0 bridgehead atoms. The van der Waals surface area contributed by atoms with Gasteiger partial charge in [0.25, 0.3) is 11.1 Å². The molecule has 8 nitrogen and oxygen atoms in total. The van der Waals surface area contributed by atoms with Gasteiger partial charge in [-0.1, -0.05) is 11.2 Å². The van der Waals surface area contributed by atoms with E-state index >= 15 is 0 Å². The van der Waals surface area contributed by atoms with Crippen molar-refractivity contribution in [3.63, 3.8) is 0 Å². The number of carbonyl (C=O) groups is 1. The number of fused-ring (bicyclic) bond motifs is 1. The zero-order valence-corrected chi connectivity index (χ0v) is 15.3. The molecule has 0 saturated heterocycles. The lowest BCUT2D eigenvalue weighted by molar-refractivity contribution is 0.102. The summed E-state index contributed by atoms with van der Waals surface area (Å²) in [5.74, 6) is -0.319. The minimum atomic E-state index is -0.319. The van der Waals surface area contributed by atoms with Gasteiger partial charge in [0, 0.05) is 23.5 Å². The number of nitrogens with zero attached hydrogens (tertiary/aromatic N) is 5. The molecule has 1 aromatic carbocycles. The summed E-state index contributed by atoms with van der Waals surface area (Å²) in [5, 5.41) is 12.1. The van der Waals surface area contributed by atoms with Crippen molar-refractivity contribution >= 4 is 33.3 Å². The molecule has 0 atom stereocenters. The number of pyridine rings is 1. The van der Waals surface area contributed by atoms with Gasteiger partial charge in [-0.05, 0) is 47.6 Å². The Morgan fingerprint density at radius 1 is 1.15 bits per heavy atom. The second-order valence-corrected chi connectivity index (χ2v) is 6.64. The van der Waals surface area contributed by atoms with E-state index in [0.717, 1.165) is 39.1 Å². The van der Waals surface area contributed by atoms with Gasteiger partial charge < -0.3 is 4.74 Å². The Hall–Kier alpha value is -3.46. The number of carbonyl (C=O) groups excluding carboxylic acids is 1. The Morgan fingerprint density at radius 2 is 2.04 bits per heavy atom. The number of benzene rings is 1. The van der Waals surface area contributed by atoms with Crippen molar-refractivity contribution < 1.29 is 9.53 Å². The number of methoxy groups -OCH3 is 1. The molecule has 3 aromatic heterocycles. The van der Waals surface area contributed by atoms with Gasteiger partial charge in [0.05, 0.1) is 18.2 Å². The molecule has 0 saturated carbocycles. The molecule has 0 aliphatic heterocycles. The molecule has 134 valence electrons. The van der Waals surface area contributed by atoms with E-state index in [2.05, 4.69) is 30.5 Å². The predicted molar refractivity (Wildman–Crippen MR) is 102 cm³/mol. The van der Waals surface area contributed by atoms with Crippen molar-refractivity contribution in [3.8, 4) is 16.3 Å². The third kappa shape index (κ3) is 3.44. The van der Waals surface area contributed by atoms with Crippen molar-refractivity contribution in [1.29, 1.82) is 0 Å². The maximum atomic E-state index is 12.8. The van der Waals surface area contributed by atoms with E-state index in [1.165, 1.54) is 13.4 Å². The Morgan fingerprint density at radius 3 is 2.85 bits per heavy atom. The highest BCUT2D eigenvalue weighted by Gasteiger charge is 2.17. The molecule has 1 amide bonds. The summed E-state index contributed by atoms with van der Waals surface area (Å²) in [4.78, 5) is 25.4. The maximum Gasteiger partial charge on any atom is 0.295 e. The molecule has 9 heteroatoms.